The lowest BCUT2D eigenvalue weighted by atomic mass is 9.99. The van der Waals surface area contributed by atoms with Crippen LogP contribution in [0.15, 0.2) is 4.52 Å². The zero-order valence-electron chi connectivity index (χ0n) is 14.1. The van der Waals surface area contributed by atoms with E-state index in [2.05, 4.69) is 19.9 Å². The molecule has 0 radical (unpaired) electrons. The zero-order chi connectivity index (χ0) is 15.9. The summed E-state index contributed by atoms with van der Waals surface area (Å²) in [6.45, 7) is 7.32. The van der Waals surface area contributed by atoms with Gasteiger partial charge in [0.15, 0.2) is 5.82 Å². The number of likely N-dealkylation sites (tertiary alicyclic amines) is 1. The predicted octanol–water partition coefficient (Wildman–Crippen LogP) is 1.29. The number of morpholine rings is 1. The molecule has 23 heavy (non-hydrogen) atoms. The van der Waals surface area contributed by atoms with E-state index in [0.717, 1.165) is 45.9 Å². The maximum Gasteiger partial charge on any atom is 0.240 e. The minimum absolute atomic E-state index is 0.407. The van der Waals surface area contributed by atoms with Crippen molar-refractivity contribution in [2.45, 2.75) is 44.9 Å². The molecule has 7 heteroatoms. The van der Waals surface area contributed by atoms with Gasteiger partial charge >= 0.3 is 0 Å². The summed E-state index contributed by atoms with van der Waals surface area (Å²) in [7, 11) is 1.64. The van der Waals surface area contributed by atoms with Crippen molar-refractivity contribution in [1.29, 1.82) is 0 Å². The topological polar surface area (TPSA) is 63.9 Å². The van der Waals surface area contributed by atoms with E-state index in [-0.39, 0.29) is 0 Å². The quantitative estimate of drug-likeness (QED) is 0.749. The number of ether oxygens (including phenoxy) is 2. The highest BCUT2D eigenvalue weighted by molar-refractivity contribution is 4.87. The number of hydrogen-bond donors (Lipinski definition) is 0. The third-order valence-electron chi connectivity index (χ3n) is 4.75. The largest absolute Gasteiger partial charge is 0.379 e. The minimum atomic E-state index is 0.407. The van der Waals surface area contributed by atoms with Crippen molar-refractivity contribution in [3.63, 3.8) is 0 Å². The Bertz CT molecular complexity index is 462. The standard InChI is InChI=1S/C16H28N4O3/c1-21-13-15-17-16(23-18-15)12-20-6-3-2-4-14(20)5-7-19-8-10-22-11-9-19/h14H,2-13H2,1H3. The van der Waals surface area contributed by atoms with Crippen molar-refractivity contribution >= 4 is 0 Å². The molecule has 2 aliphatic rings. The molecule has 3 heterocycles. The summed E-state index contributed by atoms with van der Waals surface area (Å²) in [4.78, 5) is 9.43. The molecule has 1 atom stereocenters. The molecule has 0 spiro atoms. The van der Waals surface area contributed by atoms with Crippen molar-refractivity contribution in [3.8, 4) is 0 Å². The Morgan fingerprint density at radius 2 is 2.09 bits per heavy atom. The molecule has 0 N–H and O–H groups in total. The summed E-state index contributed by atoms with van der Waals surface area (Å²) in [6.07, 6.45) is 5.05. The molecule has 2 saturated heterocycles. The van der Waals surface area contributed by atoms with E-state index in [1.165, 1.54) is 25.7 Å². The molecule has 7 nitrogen and oxygen atoms in total. The first-order valence-electron chi connectivity index (χ1n) is 8.69. The smallest absolute Gasteiger partial charge is 0.240 e. The summed E-state index contributed by atoms with van der Waals surface area (Å²) in [5, 5.41) is 3.96. The van der Waals surface area contributed by atoms with Gasteiger partial charge in [-0.3, -0.25) is 9.80 Å². The SMILES string of the molecule is COCc1noc(CN2CCCCC2CCN2CCOCC2)n1. The molecule has 2 aliphatic heterocycles. The number of methoxy groups -OCH3 is 1. The lowest BCUT2D eigenvalue weighted by molar-refractivity contribution is 0.0294. The van der Waals surface area contributed by atoms with E-state index < -0.39 is 0 Å². The first-order chi connectivity index (χ1) is 11.3. The van der Waals surface area contributed by atoms with Gasteiger partial charge in [0.05, 0.1) is 19.8 Å². The highest BCUT2D eigenvalue weighted by Gasteiger charge is 2.25. The van der Waals surface area contributed by atoms with Crippen LogP contribution in [0.2, 0.25) is 0 Å². The zero-order valence-corrected chi connectivity index (χ0v) is 14.1. The first-order valence-corrected chi connectivity index (χ1v) is 8.69. The fraction of sp³-hybridized carbons (Fsp3) is 0.875. The molecule has 1 aromatic heterocycles. The van der Waals surface area contributed by atoms with Crippen molar-refractivity contribution in [2.24, 2.45) is 0 Å². The Balaban J connectivity index is 1.50. The van der Waals surface area contributed by atoms with E-state index in [4.69, 9.17) is 14.0 Å². The fourth-order valence-corrected chi connectivity index (χ4v) is 3.47. The van der Waals surface area contributed by atoms with Gasteiger partial charge in [-0.05, 0) is 32.4 Å². The van der Waals surface area contributed by atoms with Gasteiger partial charge in [0, 0.05) is 26.2 Å². The predicted molar refractivity (Wildman–Crippen MR) is 84.9 cm³/mol. The van der Waals surface area contributed by atoms with E-state index in [1.807, 2.05) is 0 Å². The lowest BCUT2D eigenvalue weighted by Crippen LogP contribution is -2.43. The lowest BCUT2D eigenvalue weighted by Gasteiger charge is -2.36. The van der Waals surface area contributed by atoms with E-state index in [1.54, 1.807) is 7.11 Å². The molecule has 0 saturated carbocycles. The second-order valence-corrected chi connectivity index (χ2v) is 6.40. The van der Waals surface area contributed by atoms with Crippen molar-refractivity contribution in [1.82, 2.24) is 19.9 Å². The van der Waals surface area contributed by atoms with Gasteiger partial charge in [0.2, 0.25) is 5.89 Å². The molecule has 0 aromatic carbocycles. The normalized spacial score (nSPS) is 24.1. The number of hydrogen-bond acceptors (Lipinski definition) is 7. The Kier molecular flexibility index (Phi) is 6.38. The molecule has 2 fully saturated rings. The van der Waals surface area contributed by atoms with Gasteiger partial charge < -0.3 is 14.0 Å². The van der Waals surface area contributed by atoms with Crippen LogP contribution in [-0.4, -0.2) is 72.5 Å². The summed E-state index contributed by atoms with van der Waals surface area (Å²) in [6, 6.07) is 0.615. The van der Waals surface area contributed by atoms with E-state index in [0.29, 0.717) is 24.4 Å². The van der Waals surface area contributed by atoms with Crippen molar-refractivity contribution < 1.29 is 14.0 Å². The van der Waals surface area contributed by atoms with E-state index >= 15 is 0 Å². The number of nitrogens with zero attached hydrogens (tertiary/aromatic N) is 4. The average Bonchev–Trinajstić information content (AvgIpc) is 3.03. The maximum atomic E-state index is 5.42. The summed E-state index contributed by atoms with van der Waals surface area (Å²) in [5.74, 6) is 1.33. The van der Waals surface area contributed by atoms with Crippen LogP contribution in [0.3, 0.4) is 0 Å². The third-order valence-corrected chi connectivity index (χ3v) is 4.75. The molecule has 3 rings (SSSR count). The number of rotatable bonds is 7. The second-order valence-electron chi connectivity index (χ2n) is 6.40. The molecule has 0 aliphatic carbocycles. The van der Waals surface area contributed by atoms with Gasteiger partial charge in [-0.15, -0.1) is 0 Å². The highest BCUT2D eigenvalue weighted by Crippen LogP contribution is 2.22. The van der Waals surface area contributed by atoms with Crippen molar-refractivity contribution in [3.05, 3.63) is 11.7 Å². The van der Waals surface area contributed by atoms with Gasteiger partial charge in [0.25, 0.3) is 0 Å². The minimum Gasteiger partial charge on any atom is -0.379 e. The van der Waals surface area contributed by atoms with E-state index in [9.17, 15) is 0 Å². The summed E-state index contributed by atoms with van der Waals surface area (Å²) >= 11 is 0. The van der Waals surface area contributed by atoms with Crippen LogP contribution in [0.25, 0.3) is 0 Å². The molecule has 1 aromatic rings. The summed E-state index contributed by atoms with van der Waals surface area (Å²) < 4.78 is 15.8. The Morgan fingerprint density at radius 1 is 1.22 bits per heavy atom. The second kappa shape index (κ2) is 8.73. The van der Waals surface area contributed by atoms with Crippen molar-refractivity contribution in [2.75, 3.05) is 46.5 Å². The van der Waals surface area contributed by atoms with Gasteiger partial charge in [0.1, 0.15) is 6.61 Å². The fourth-order valence-electron chi connectivity index (χ4n) is 3.47. The highest BCUT2D eigenvalue weighted by atomic mass is 16.5. The van der Waals surface area contributed by atoms with Crippen LogP contribution in [0.5, 0.6) is 0 Å². The van der Waals surface area contributed by atoms with Gasteiger partial charge in [-0.1, -0.05) is 11.6 Å². The van der Waals surface area contributed by atoms with Crippen LogP contribution in [0.1, 0.15) is 37.4 Å². The molecular weight excluding hydrogens is 296 g/mol. The Morgan fingerprint density at radius 3 is 2.91 bits per heavy atom. The number of aromatic nitrogens is 2. The maximum absolute atomic E-state index is 5.42. The first kappa shape index (κ1) is 16.8. The molecule has 0 bridgehead atoms. The third kappa shape index (κ3) is 4.97. The number of piperidine rings is 1. The van der Waals surface area contributed by atoms with Crippen LogP contribution < -0.4 is 0 Å². The molecule has 0 amide bonds. The molecule has 1 unspecified atom stereocenters. The monoisotopic (exact) mass is 324 g/mol. The van der Waals surface area contributed by atoms with Gasteiger partial charge in [-0.2, -0.15) is 4.98 Å². The van der Waals surface area contributed by atoms with Gasteiger partial charge in [-0.25, -0.2) is 0 Å². The summed E-state index contributed by atoms with van der Waals surface area (Å²) in [5.41, 5.74) is 0. The van der Waals surface area contributed by atoms with Crippen LogP contribution >= 0.6 is 0 Å². The van der Waals surface area contributed by atoms with Crippen LogP contribution in [-0.2, 0) is 22.6 Å². The average molecular weight is 324 g/mol. The molecular formula is C16H28N4O3. The van der Waals surface area contributed by atoms with Crippen LogP contribution in [0.4, 0.5) is 0 Å². The molecule has 130 valence electrons. The van der Waals surface area contributed by atoms with Crippen LogP contribution in [0, 0.1) is 0 Å². The Labute approximate surface area is 137 Å². The Hall–Kier alpha value is -1.02.